The van der Waals surface area contributed by atoms with Crippen molar-refractivity contribution in [3.63, 3.8) is 0 Å². The molecule has 0 spiro atoms. The number of epoxide rings is 1. The van der Waals surface area contributed by atoms with Crippen molar-refractivity contribution in [2.45, 2.75) is 76.5 Å². The highest BCUT2D eigenvalue weighted by atomic mass is 28.4. The van der Waals surface area contributed by atoms with Gasteiger partial charge in [0.15, 0.2) is 14.1 Å². The zero-order valence-corrected chi connectivity index (χ0v) is 12.8. The van der Waals surface area contributed by atoms with E-state index in [-0.39, 0.29) is 23.0 Å². The molecule has 1 heterocycles. The molecule has 2 aliphatic rings. The molecule has 0 aromatic heterocycles. The molecule has 1 saturated carbocycles. The summed E-state index contributed by atoms with van der Waals surface area (Å²) in [7, 11) is -1.77. The topological polar surface area (TPSA) is 38.8 Å². The molecule has 1 saturated heterocycles. The van der Waals surface area contributed by atoms with E-state index in [1.165, 1.54) is 0 Å². The van der Waals surface area contributed by atoms with Crippen LogP contribution in [-0.4, -0.2) is 31.9 Å². The number of hydrogen-bond acceptors (Lipinski definition) is 3. The van der Waals surface area contributed by atoms with Gasteiger partial charge < -0.3 is 9.16 Å². The number of hydrogen-bond donors (Lipinski definition) is 0. The first-order valence-corrected chi connectivity index (χ1v) is 9.36. The van der Waals surface area contributed by atoms with Gasteiger partial charge in [-0.15, -0.1) is 0 Å². The van der Waals surface area contributed by atoms with Crippen LogP contribution >= 0.6 is 0 Å². The summed E-state index contributed by atoms with van der Waals surface area (Å²) in [5.74, 6) is 0.220. The normalized spacial score (nSPS) is 37.9. The lowest BCUT2D eigenvalue weighted by molar-refractivity contribution is -0.126. The van der Waals surface area contributed by atoms with E-state index in [0.29, 0.717) is 6.42 Å². The van der Waals surface area contributed by atoms with Crippen molar-refractivity contribution in [2.24, 2.45) is 0 Å². The Morgan fingerprint density at radius 2 is 2.00 bits per heavy atom. The number of carbonyl (C=O) groups excluding carboxylic acids is 1. The van der Waals surface area contributed by atoms with Gasteiger partial charge in [0.05, 0.1) is 12.2 Å². The second-order valence-corrected chi connectivity index (χ2v) is 11.8. The number of fused-ring (bicyclic) bond motifs is 1. The number of ether oxygens (including phenoxy) is 1. The van der Waals surface area contributed by atoms with E-state index < -0.39 is 13.9 Å². The van der Waals surface area contributed by atoms with E-state index in [9.17, 15) is 4.79 Å². The van der Waals surface area contributed by atoms with Gasteiger partial charge in [-0.2, -0.15) is 0 Å². The quantitative estimate of drug-likeness (QED) is 0.563. The third-order valence-corrected chi connectivity index (χ3v) is 9.19. The van der Waals surface area contributed by atoms with E-state index in [0.717, 1.165) is 6.42 Å². The molecule has 4 heteroatoms. The van der Waals surface area contributed by atoms with Crippen LogP contribution in [0.5, 0.6) is 0 Å². The number of ketones is 1. The lowest BCUT2D eigenvalue weighted by atomic mass is 9.88. The monoisotopic (exact) mass is 256 g/mol. The molecule has 0 aromatic carbocycles. The van der Waals surface area contributed by atoms with Gasteiger partial charge in [0, 0.05) is 12.8 Å². The van der Waals surface area contributed by atoms with Gasteiger partial charge in [0.1, 0.15) is 5.60 Å². The minimum atomic E-state index is -1.77. The molecule has 0 N–H and O–H groups in total. The molecule has 0 radical (unpaired) electrons. The lowest BCUT2D eigenvalue weighted by Crippen LogP contribution is -2.47. The molecule has 0 amide bonds. The van der Waals surface area contributed by atoms with Gasteiger partial charge >= 0.3 is 0 Å². The zero-order chi connectivity index (χ0) is 13.1. The average molecular weight is 256 g/mol. The van der Waals surface area contributed by atoms with Gasteiger partial charge in [-0.05, 0) is 25.1 Å². The summed E-state index contributed by atoms with van der Waals surface area (Å²) < 4.78 is 11.8. The molecule has 2 rings (SSSR count). The predicted molar refractivity (Wildman–Crippen MR) is 69.6 cm³/mol. The van der Waals surface area contributed by atoms with Crippen LogP contribution in [0, 0.1) is 0 Å². The Hall–Kier alpha value is -0.193. The molecule has 3 nitrogen and oxygen atoms in total. The second-order valence-electron chi connectivity index (χ2n) is 7.08. The van der Waals surface area contributed by atoms with Crippen LogP contribution in [0.2, 0.25) is 18.1 Å². The third-order valence-electron chi connectivity index (χ3n) is 4.66. The van der Waals surface area contributed by atoms with Crippen molar-refractivity contribution in [3.05, 3.63) is 0 Å². The minimum Gasteiger partial charge on any atom is -0.413 e. The fraction of sp³-hybridized carbons (Fsp3) is 0.923. The highest BCUT2D eigenvalue weighted by Gasteiger charge is 2.62. The van der Waals surface area contributed by atoms with E-state index >= 15 is 0 Å². The van der Waals surface area contributed by atoms with Gasteiger partial charge in [-0.1, -0.05) is 20.8 Å². The Labute approximate surface area is 105 Å². The first kappa shape index (κ1) is 13.2. The smallest absolute Gasteiger partial charge is 0.192 e. The molecule has 0 aromatic rings. The fourth-order valence-corrected chi connectivity index (χ4v) is 3.56. The van der Waals surface area contributed by atoms with Crippen LogP contribution in [0.1, 0.15) is 40.5 Å². The van der Waals surface area contributed by atoms with Crippen LogP contribution in [0.25, 0.3) is 0 Å². The first-order chi connectivity index (χ1) is 7.56. The van der Waals surface area contributed by atoms with E-state index in [1.807, 2.05) is 6.92 Å². The average Bonchev–Trinajstić information content (AvgIpc) is 2.75. The van der Waals surface area contributed by atoms with E-state index in [1.54, 1.807) is 0 Å². The van der Waals surface area contributed by atoms with Crippen LogP contribution in [0.4, 0.5) is 0 Å². The molecule has 2 fully saturated rings. The van der Waals surface area contributed by atoms with Crippen LogP contribution in [0.15, 0.2) is 0 Å². The van der Waals surface area contributed by atoms with Crippen molar-refractivity contribution >= 4 is 14.1 Å². The van der Waals surface area contributed by atoms with Gasteiger partial charge in [-0.25, -0.2) is 0 Å². The Kier molecular flexibility index (Phi) is 2.84. The summed E-state index contributed by atoms with van der Waals surface area (Å²) >= 11 is 0. The number of rotatable bonds is 2. The summed E-state index contributed by atoms with van der Waals surface area (Å²) in [5, 5.41) is 0.196. The molecule has 98 valence electrons. The van der Waals surface area contributed by atoms with Gasteiger partial charge in [0.2, 0.25) is 0 Å². The first-order valence-electron chi connectivity index (χ1n) is 6.45. The maximum atomic E-state index is 11.9. The van der Waals surface area contributed by atoms with Crippen LogP contribution in [-0.2, 0) is 14.0 Å². The molecule has 1 aliphatic carbocycles. The summed E-state index contributed by atoms with van der Waals surface area (Å²) in [4.78, 5) is 11.9. The predicted octanol–water partition coefficient (Wildman–Crippen LogP) is 2.90. The molecule has 3 atom stereocenters. The Balaban J connectivity index is 2.00. The summed E-state index contributed by atoms with van der Waals surface area (Å²) in [5.41, 5.74) is -0.465. The van der Waals surface area contributed by atoms with Crippen molar-refractivity contribution in [2.75, 3.05) is 0 Å². The summed E-state index contributed by atoms with van der Waals surface area (Å²) in [6.07, 6.45) is 1.59. The highest BCUT2D eigenvalue weighted by Crippen LogP contribution is 2.47. The number of carbonyl (C=O) groups is 1. The summed E-state index contributed by atoms with van der Waals surface area (Å²) in [6.45, 7) is 13.0. The molecule has 17 heavy (non-hydrogen) atoms. The van der Waals surface area contributed by atoms with Crippen molar-refractivity contribution in [1.29, 1.82) is 0 Å². The zero-order valence-electron chi connectivity index (χ0n) is 11.8. The molecular formula is C13H24O3Si. The number of Topliss-reactive ketones (excluding diaryl/α,β-unsaturated/α-hetero) is 1. The second kappa shape index (κ2) is 3.65. The SMILES string of the molecule is CC(C)(C)[Si](C)(C)O[C@@H]1CC(=O)[C@@]2(C)O[C@H]2C1. The summed E-state index contributed by atoms with van der Waals surface area (Å²) in [6, 6.07) is 0. The van der Waals surface area contributed by atoms with Crippen molar-refractivity contribution in [3.8, 4) is 0 Å². The Morgan fingerprint density at radius 1 is 1.41 bits per heavy atom. The molecule has 1 aliphatic heterocycles. The van der Waals surface area contributed by atoms with Gasteiger partial charge in [0.25, 0.3) is 0 Å². The maximum Gasteiger partial charge on any atom is 0.192 e. The molecule has 0 unspecified atom stereocenters. The Bertz CT molecular complexity index is 345. The van der Waals surface area contributed by atoms with Gasteiger partial charge in [-0.3, -0.25) is 4.79 Å². The largest absolute Gasteiger partial charge is 0.413 e. The van der Waals surface area contributed by atoms with E-state index in [2.05, 4.69) is 33.9 Å². The van der Waals surface area contributed by atoms with Crippen LogP contribution in [0.3, 0.4) is 0 Å². The highest BCUT2D eigenvalue weighted by molar-refractivity contribution is 6.74. The molecule has 0 bridgehead atoms. The van der Waals surface area contributed by atoms with Crippen molar-refractivity contribution < 1.29 is 14.0 Å². The van der Waals surface area contributed by atoms with Crippen LogP contribution < -0.4 is 0 Å². The van der Waals surface area contributed by atoms with Crippen molar-refractivity contribution in [1.82, 2.24) is 0 Å². The third kappa shape index (κ3) is 2.22. The maximum absolute atomic E-state index is 11.9. The Morgan fingerprint density at radius 3 is 2.47 bits per heavy atom. The molecular weight excluding hydrogens is 232 g/mol. The van der Waals surface area contributed by atoms with E-state index in [4.69, 9.17) is 9.16 Å². The fourth-order valence-electron chi connectivity index (χ4n) is 2.19. The lowest BCUT2D eigenvalue weighted by Gasteiger charge is -2.40. The minimum absolute atomic E-state index is 0.0731. The standard InChI is InChI=1S/C13H24O3Si/c1-12(2,3)17(5,6)16-9-7-10(14)13(4)11(8-9)15-13/h9,11H,7-8H2,1-6H3/t9-,11+,13-/m1/s1.